The summed E-state index contributed by atoms with van der Waals surface area (Å²) in [5.41, 5.74) is -0.622. The van der Waals surface area contributed by atoms with Crippen molar-refractivity contribution in [1.82, 2.24) is 4.90 Å². The molecule has 1 aromatic carbocycles. The van der Waals surface area contributed by atoms with Crippen molar-refractivity contribution in [1.29, 1.82) is 0 Å². The molecule has 0 saturated carbocycles. The van der Waals surface area contributed by atoms with Crippen LogP contribution < -0.4 is 10.5 Å². The maximum Gasteiger partial charge on any atom is 0.401 e. The largest absolute Gasteiger partial charge is 0.401 e. The van der Waals surface area contributed by atoms with Crippen LogP contribution in [0.1, 0.15) is 12.8 Å². The van der Waals surface area contributed by atoms with E-state index in [-0.39, 0.29) is 31.2 Å². The number of benzene rings is 1. The van der Waals surface area contributed by atoms with Gasteiger partial charge in [0.25, 0.3) is 0 Å². The average Bonchev–Trinajstić information content (AvgIpc) is 2.51. The van der Waals surface area contributed by atoms with Gasteiger partial charge in [-0.15, -0.1) is 0 Å². The van der Waals surface area contributed by atoms with Gasteiger partial charge in [-0.3, -0.25) is 15.0 Å². The summed E-state index contributed by atoms with van der Waals surface area (Å²) >= 11 is 0. The van der Waals surface area contributed by atoms with Crippen molar-refractivity contribution < 1.29 is 26.5 Å². The van der Waals surface area contributed by atoms with Gasteiger partial charge < -0.3 is 5.32 Å². The lowest BCUT2D eigenvalue weighted by Crippen LogP contribution is -2.41. The number of sulfonamides is 1. The highest BCUT2D eigenvalue weighted by molar-refractivity contribution is 7.89. The standard InChI is InChI=1S/C14H19F3N4O4S/c15-14(16,17)9-20-6-4-10(5-7-20)8-19-11-2-1-3-12(26(18,24)25)13(11)21(22)23/h1-3,10,19H,4-9H2,(H2,18,24,25). The summed E-state index contributed by atoms with van der Waals surface area (Å²) in [6.45, 7) is -0.0971. The van der Waals surface area contributed by atoms with Crippen molar-refractivity contribution in [3.05, 3.63) is 28.3 Å². The molecule has 146 valence electrons. The van der Waals surface area contributed by atoms with Crippen molar-refractivity contribution in [3.63, 3.8) is 0 Å². The Morgan fingerprint density at radius 2 is 1.92 bits per heavy atom. The Morgan fingerprint density at radius 3 is 2.42 bits per heavy atom. The van der Waals surface area contributed by atoms with Crippen LogP contribution in [0.4, 0.5) is 24.5 Å². The van der Waals surface area contributed by atoms with Gasteiger partial charge in [-0.1, -0.05) is 6.07 Å². The van der Waals surface area contributed by atoms with Gasteiger partial charge >= 0.3 is 11.9 Å². The second-order valence-electron chi connectivity index (χ2n) is 6.17. The molecule has 3 N–H and O–H groups in total. The quantitative estimate of drug-likeness (QED) is 0.560. The van der Waals surface area contributed by atoms with Crippen LogP contribution in [-0.2, 0) is 10.0 Å². The van der Waals surface area contributed by atoms with E-state index in [1.165, 1.54) is 17.0 Å². The van der Waals surface area contributed by atoms with Crippen LogP contribution >= 0.6 is 0 Å². The minimum absolute atomic E-state index is 0.0132. The normalized spacial score (nSPS) is 17.2. The van der Waals surface area contributed by atoms with E-state index < -0.39 is 38.3 Å². The van der Waals surface area contributed by atoms with Gasteiger partial charge in [-0.25, -0.2) is 13.6 Å². The maximum absolute atomic E-state index is 12.4. The lowest BCUT2D eigenvalue weighted by atomic mass is 9.96. The molecular weight excluding hydrogens is 377 g/mol. The maximum atomic E-state index is 12.4. The van der Waals surface area contributed by atoms with Crippen molar-refractivity contribution >= 4 is 21.4 Å². The van der Waals surface area contributed by atoms with Gasteiger partial charge in [0.1, 0.15) is 5.69 Å². The second kappa shape index (κ2) is 7.76. The molecule has 0 aromatic heterocycles. The molecule has 0 spiro atoms. The van der Waals surface area contributed by atoms with E-state index in [9.17, 15) is 31.7 Å². The molecule has 0 aliphatic carbocycles. The Morgan fingerprint density at radius 1 is 1.31 bits per heavy atom. The number of nitro benzene ring substituents is 1. The molecule has 1 aromatic rings. The van der Waals surface area contributed by atoms with Gasteiger partial charge in [0.05, 0.1) is 11.5 Å². The topological polar surface area (TPSA) is 119 Å². The smallest absolute Gasteiger partial charge is 0.379 e. The molecule has 8 nitrogen and oxygen atoms in total. The van der Waals surface area contributed by atoms with Gasteiger partial charge in [0.15, 0.2) is 4.90 Å². The van der Waals surface area contributed by atoms with E-state index in [1.807, 2.05) is 0 Å². The number of primary sulfonamides is 1. The number of alkyl halides is 3. The van der Waals surface area contributed by atoms with E-state index in [0.29, 0.717) is 12.8 Å². The SMILES string of the molecule is NS(=O)(=O)c1cccc(NCC2CCN(CC(F)(F)F)CC2)c1[N+](=O)[O-]. The number of nitrogens with one attached hydrogen (secondary N) is 1. The van der Waals surface area contributed by atoms with E-state index in [2.05, 4.69) is 5.32 Å². The Hall–Kier alpha value is -1.92. The minimum atomic E-state index is -4.26. The highest BCUT2D eigenvalue weighted by Gasteiger charge is 2.33. The minimum Gasteiger partial charge on any atom is -0.379 e. The molecule has 2 rings (SSSR count). The third-order valence-corrected chi connectivity index (χ3v) is 5.12. The molecule has 1 heterocycles. The molecule has 0 radical (unpaired) electrons. The van der Waals surface area contributed by atoms with Crippen LogP contribution in [0.5, 0.6) is 0 Å². The highest BCUT2D eigenvalue weighted by atomic mass is 32.2. The molecule has 1 aliphatic rings. The van der Waals surface area contributed by atoms with Crippen LogP contribution in [0.15, 0.2) is 23.1 Å². The van der Waals surface area contributed by atoms with E-state index in [4.69, 9.17) is 5.14 Å². The van der Waals surface area contributed by atoms with Gasteiger partial charge in [0.2, 0.25) is 10.0 Å². The monoisotopic (exact) mass is 396 g/mol. The number of halogens is 3. The first-order chi connectivity index (χ1) is 12.0. The molecule has 26 heavy (non-hydrogen) atoms. The molecular formula is C14H19F3N4O4S. The van der Waals surface area contributed by atoms with Gasteiger partial charge in [-0.05, 0) is 44.0 Å². The molecule has 0 atom stereocenters. The van der Waals surface area contributed by atoms with Crippen molar-refractivity contribution in [2.75, 3.05) is 31.5 Å². The molecule has 0 bridgehead atoms. The first-order valence-electron chi connectivity index (χ1n) is 7.80. The molecule has 1 aliphatic heterocycles. The second-order valence-corrected chi connectivity index (χ2v) is 7.70. The summed E-state index contributed by atoms with van der Waals surface area (Å²) in [4.78, 5) is 11.2. The summed E-state index contributed by atoms with van der Waals surface area (Å²) in [7, 11) is -4.26. The zero-order valence-electron chi connectivity index (χ0n) is 13.7. The Bertz CT molecular complexity index is 762. The Kier molecular flexibility index (Phi) is 6.09. The van der Waals surface area contributed by atoms with Crippen LogP contribution in [0.2, 0.25) is 0 Å². The molecule has 1 fully saturated rings. The van der Waals surface area contributed by atoms with Crippen molar-refractivity contribution in [2.24, 2.45) is 11.1 Å². The van der Waals surface area contributed by atoms with Crippen LogP contribution in [0.3, 0.4) is 0 Å². The molecule has 0 unspecified atom stereocenters. The summed E-state index contributed by atoms with van der Waals surface area (Å²) in [6, 6.07) is 3.75. The summed E-state index contributed by atoms with van der Waals surface area (Å²) in [5, 5.41) is 19.1. The summed E-state index contributed by atoms with van der Waals surface area (Å²) < 4.78 is 60.2. The molecule has 0 amide bonds. The van der Waals surface area contributed by atoms with Crippen molar-refractivity contribution in [3.8, 4) is 0 Å². The molecule has 12 heteroatoms. The fourth-order valence-corrected chi connectivity index (χ4v) is 3.66. The summed E-state index contributed by atoms with van der Waals surface area (Å²) in [6.07, 6.45) is -3.22. The Labute approximate surface area is 148 Å². The number of nitrogens with two attached hydrogens (primary N) is 1. The van der Waals surface area contributed by atoms with E-state index in [0.717, 1.165) is 6.07 Å². The van der Waals surface area contributed by atoms with Crippen LogP contribution in [-0.4, -0.2) is 50.6 Å². The average molecular weight is 396 g/mol. The number of nitro groups is 1. The predicted octanol–water partition coefficient (Wildman–Crippen LogP) is 1.93. The molecule has 1 saturated heterocycles. The number of nitrogens with zero attached hydrogens (tertiary/aromatic N) is 2. The third-order valence-electron chi connectivity index (χ3n) is 4.18. The highest BCUT2D eigenvalue weighted by Crippen LogP contribution is 2.32. The lowest BCUT2D eigenvalue weighted by molar-refractivity contribution is -0.386. The summed E-state index contributed by atoms with van der Waals surface area (Å²) in [5.74, 6) is 0.0252. The van der Waals surface area contributed by atoms with Crippen LogP contribution in [0, 0.1) is 16.0 Å². The Balaban J connectivity index is 2.02. The van der Waals surface area contributed by atoms with Gasteiger partial charge in [0, 0.05) is 6.54 Å². The number of rotatable bonds is 6. The number of piperidine rings is 1. The first kappa shape index (κ1) is 20.4. The number of likely N-dealkylation sites (tertiary alicyclic amines) is 1. The van der Waals surface area contributed by atoms with Gasteiger partial charge in [-0.2, -0.15) is 13.2 Å². The number of hydrogen-bond acceptors (Lipinski definition) is 6. The first-order valence-corrected chi connectivity index (χ1v) is 9.35. The fourth-order valence-electron chi connectivity index (χ4n) is 2.94. The predicted molar refractivity (Wildman–Crippen MR) is 88.2 cm³/mol. The lowest BCUT2D eigenvalue weighted by Gasteiger charge is -2.32. The van der Waals surface area contributed by atoms with Crippen molar-refractivity contribution in [2.45, 2.75) is 23.9 Å². The number of anilines is 1. The van der Waals surface area contributed by atoms with E-state index in [1.54, 1.807) is 0 Å². The number of para-hydroxylation sites is 1. The third kappa shape index (κ3) is 5.54. The van der Waals surface area contributed by atoms with Crippen LogP contribution in [0.25, 0.3) is 0 Å². The number of hydrogen-bond donors (Lipinski definition) is 2. The fraction of sp³-hybridized carbons (Fsp3) is 0.571. The van der Waals surface area contributed by atoms with E-state index >= 15 is 0 Å². The zero-order valence-corrected chi connectivity index (χ0v) is 14.5. The zero-order chi connectivity index (χ0) is 19.5.